The van der Waals surface area contributed by atoms with Crippen LogP contribution >= 0.6 is 27.5 Å². The number of anilines is 2. The summed E-state index contributed by atoms with van der Waals surface area (Å²) in [6, 6.07) is 4.77. The van der Waals surface area contributed by atoms with Crippen LogP contribution < -0.4 is 15.4 Å². The van der Waals surface area contributed by atoms with E-state index in [1.165, 1.54) is 0 Å². The summed E-state index contributed by atoms with van der Waals surface area (Å²) in [5, 5.41) is 5.35. The zero-order chi connectivity index (χ0) is 21.7. The number of halogens is 5. The number of hydrogen-bond donors (Lipinski definition) is 2. The maximum Gasteiger partial charge on any atom is 0.437 e. The van der Waals surface area contributed by atoms with Gasteiger partial charge in [-0.05, 0) is 37.0 Å². The van der Waals surface area contributed by atoms with Gasteiger partial charge in [-0.25, -0.2) is 14.8 Å². The maximum atomic E-state index is 13.5. The first-order valence-electron chi connectivity index (χ1n) is 8.92. The highest BCUT2D eigenvalue weighted by Gasteiger charge is 2.38. The molecule has 7 nitrogen and oxygen atoms in total. The van der Waals surface area contributed by atoms with Crippen LogP contribution in [0.3, 0.4) is 0 Å². The highest BCUT2D eigenvalue weighted by atomic mass is 79.9. The Morgan fingerprint density at radius 1 is 1.33 bits per heavy atom. The van der Waals surface area contributed by atoms with Crippen molar-refractivity contribution in [3.8, 4) is 5.75 Å². The fraction of sp³-hybridized carbons (Fsp3) is 0.389. The molecule has 2 heterocycles. The smallest absolute Gasteiger partial charge is 0.406 e. The highest BCUT2D eigenvalue weighted by Crippen LogP contribution is 2.36. The normalized spacial score (nSPS) is 15.0. The van der Waals surface area contributed by atoms with Crippen LogP contribution in [-0.2, 0) is 10.9 Å². The van der Waals surface area contributed by atoms with Crippen molar-refractivity contribution in [2.75, 3.05) is 25.1 Å². The molecule has 0 unspecified atom stereocenters. The van der Waals surface area contributed by atoms with Gasteiger partial charge in [0.05, 0.1) is 16.9 Å². The van der Waals surface area contributed by atoms with Gasteiger partial charge in [0.1, 0.15) is 0 Å². The Morgan fingerprint density at radius 3 is 2.73 bits per heavy atom. The molecule has 0 atom stereocenters. The van der Waals surface area contributed by atoms with Gasteiger partial charge in [-0.3, -0.25) is 0 Å². The summed E-state index contributed by atoms with van der Waals surface area (Å²) in [6.45, 7) is 1.46. The number of alkyl halides is 3. The largest absolute Gasteiger partial charge is 0.437 e. The van der Waals surface area contributed by atoms with Crippen LogP contribution in [0.4, 0.5) is 29.6 Å². The molecular formula is C18H17BrClF3N4O3. The molecule has 0 bridgehead atoms. The number of rotatable bonds is 5. The molecule has 3 rings (SSSR count). The molecule has 0 radical (unpaired) electrons. The number of carbonyl (C=O) groups is 1. The third-order valence-corrected chi connectivity index (χ3v) is 5.09. The molecule has 2 N–H and O–H groups in total. The van der Waals surface area contributed by atoms with Crippen LogP contribution in [0.2, 0.25) is 5.02 Å². The molecule has 1 saturated heterocycles. The predicted octanol–water partition coefficient (Wildman–Crippen LogP) is 5.17. The van der Waals surface area contributed by atoms with E-state index in [0.29, 0.717) is 23.4 Å². The van der Waals surface area contributed by atoms with E-state index in [4.69, 9.17) is 21.1 Å². The Morgan fingerprint density at radius 2 is 2.07 bits per heavy atom. The van der Waals surface area contributed by atoms with Gasteiger partial charge in [-0.1, -0.05) is 27.5 Å². The lowest BCUT2D eigenvalue weighted by Gasteiger charge is -2.22. The summed E-state index contributed by atoms with van der Waals surface area (Å²) in [5.74, 6) is -0.951. The number of carbonyl (C=O) groups excluding carboxylic acids is 1. The molecule has 2 aromatic rings. The molecule has 1 aliphatic heterocycles. The fourth-order valence-electron chi connectivity index (χ4n) is 2.73. The van der Waals surface area contributed by atoms with Crippen LogP contribution in [-0.4, -0.2) is 35.8 Å². The van der Waals surface area contributed by atoms with Crippen LogP contribution in [0.15, 0.2) is 28.9 Å². The standard InChI is InChI=1S/C18H17BrClF3N4O3/c19-11-1-2-13(12(20)7-11)26-16-24-9-14(15(27-16)18(21,22)23)30-17(28)25-8-10-3-5-29-6-4-10/h1-2,7,9-10H,3-6,8H2,(H,25,28)(H,24,26,27). The van der Waals surface area contributed by atoms with Gasteiger partial charge in [-0.2, -0.15) is 13.2 Å². The first kappa shape index (κ1) is 22.6. The van der Waals surface area contributed by atoms with Crippen LogP contribution in [0.5, 0.6) is 5.75 Å². The topological polar surface area (TPSA) is 85.4 Å². The number of aromatic nitrogens is 2. The fourth-order valence-corrected chi connectivity index (χ4v) is 3.45. The van der Waals surface area contributed by atoms with E-state index in [0.717, 1.165) is 19.0 Å². The molecule has 0 saturated carbocycles. The monoisotopic (exact) mass is 508 g/mol. The van der Waals surface area contributed by atoms with Gasteiger partial charge in [0, 0.05) is 24.2 Å². The minimum absolute atomic E-state index is 0.187. The number of hydrogen-bond acceptors (Lipinski definition) is 6. The third-order valence-electron chi connectivity index (χ3n) is 4.28. The minimum Gasteiger partial charge on any atom is -0.406 e. The lowest BCUT2D eigenvalue weighted by molar-refractivity contribution is -0.142. The summed E-state index contributed by atoms with van der Waals surface area (Å²) < 4.78 is 51.1. The molecule has 0 spiro atoms. The van der Waals surface area contributed by atoms with Crippen LogP contribution in [0.1, 0.15) is 18.5 Å². The number of nitrogens with zero attached hydrogens (tertiary/aromatic N) is 2. The maximum absolute atomic E-state index is 13.5. The molecule has 1 amide bonds. The Balaban J connectivity index is 1.71. The first-order chi connectivity index (χ1) is 14.2. The van der Waals surface area contributed by atoms with E-state index >= 15 is 0 Å². The Labute approximate surface area is 183 Å². The first-order valence-corrected chi connectivity index (χ1v) is 10.1. The Hall–Kier alpha value is -2.11. The summed E-state index contributed by atoms with van der Waals surface area (Å²) >= 11 is 9.29. The van der Waals surface area contributed by atoms with Crippen molar-refractivity contribution in [1.82, 2.24) is 15.3 Å². The van der Waals surface area contributed by atoms with E-state index in [-0.39, 0.29) is 23.4 Å². The summed E-state index contributed by atoms with van der Waals surface area (Å²) in [5.41, 5.74) is -1.06. The van der Waals surface area contributed by atoms with Crippen LogP contribution in [0, 0.1) is 5.92 Å². The zero-order valence-electron chi connectivity index (χ0n) is 15.4. The van der Waals surface area contributed by atoms with E-state index < -0.39 is 23.7 Å². The molecule has 1 fully saturated rings. The second-order valence-electron chi connectivity index (χ2n) is 6.48. The molecule has 1 aromatic carbocycles. The number of nitrogens with one attached hydrogen (secondary N) is 2. The Bertz CT molecular complexity index is 911. The average Bonchev–Trinajstić information content (AvgIpc) is 2.69. The van der Waals surface area contributed by atoms with Crippen molar-refractivity contribution in [3.05, 3.63) is 39.6 Å². The lowest BCUT2D eigenvalue weighted by Crippen LogP contribution is -2.34. The van der Waals surface area contributed by atoms with Gasteiger partial charge in [0.25, 0.3) is 0 Å². The quantitative estimate of drug-likeness (QED) is 0.578. The summed E-state index contributed by atoms with van der Waals surface area (Å²) in [6.07, 6.45) is -3.56. The minimum atomic E-state index is -4.86. The van der Waals surface area contributed by atoms with E-state index in [1.807, 2.05) is 0 Å². The van der Waals surface area contributed by atoms with Crippen molar-refractivity contribution < 1.29 is 27.4 Å². The van der Waals surface area contributed by atoms with E-state index in [2.05, 4.69) is 36.5 Å². The molecule has 0 aliphatic carbocycles. The molecule has 1 aromatic heterocycles. The van der Waals surface area contributed by atoms with Gasteiger partial charge in [0.2, 0.25) is 5.95 Å². The van der Waals surface area contributed by atoms with Gasteiger partial charge >= 0.3 is 12.3 Å². The van der Waals surface area contributed by atoms with Crippen molar-refractivity contribution in [1.29, 1.82) is 0 Å². The van der Waals surface area contributed by atoms with Gasteiger partial charge in [-0.15, -0.1) is 0 Å². The predicted molar refractivity (Wildman–Crippen MR) is 107 cm³/mol. The lowest BCUT2D eigenvalue weighted by atomic mass is 10.0. The molecule has 1 aliphatic rings. The van der Waals surface area contributed by atoms with Crippen molar-refractivity contribution in [2.24, 2.45) is 5.92 Å². The molecule has 30 heavy (non-hydrogen) atoms. The second-order valence-corrected chi connectivity index (χ2v) is 7.80. The third kappa shape index (κ3) is 6.19. The number of amides is 1. The summed E-state index contributed by atoms with van der Waals surface area (Å²) in [7, 11) is 0. The van der Waals surface area contributed by atoms with Gasteiger partial charge < -0.3 is 20.1 Å². The van der Waals surface area contributed by atoms with Crippen molar-refractivity contribution >= 4 is 45.3 Å². The second kappa shape index (κ2) is 9.80. The molecule has 12 heteroatoms. The molecular weight excluding hydrogens is 493 g/mol. The van der Waals surface area contributed by atoms with Crippen molar-refractivity contribution in [3.63, 3.8) is 0 Å². The SMILES string of the molecule is O=C(NCC1CCOCC1)Oc1cnc(Nc2ccc(Br)cc2Cl)nc1C(F)(F)F. The number of benzene rings is 1. The van der Waals surface area contributed by atoms with E-state index in [1.54, 1.807) is 18.2 Å². The van der Waals surface area contributed by atoms with E-state index in [9.17, 15) is 18.0 Å². The van der Waals surface area contributed by atoms with Crippen molar-refractivity contribution in [2.45, 2.75) is 19.0 Å². The van der Waals surface area contributed by atoms with Gasteiger partial charge in [0.15, 0.2) is 11.4 Å². The van der Waals surface area contributed by atoms with Crippen LogP contribution in [0.25, 0.3) is 0 Å². The molecule has 162 valence electrons. The zero-order valence-corrected chi connectivity index (χ0v) is 17.8. The Kier molecular flexibility index (Phi) is 7.37. The number of ether oxygens (including phenoxy) is 2. The highest BCUT2D eigenvalue weighted by molar-refractivity contribution is 9.10. The average molecular weight is 510 g/mol. The summed E-state index contributed by atoms with van der Waals surface area (Å²) in [4.78, 5) is 19.2.